The molecule has 3 aromatic carbocycles. The summed E-state index contributed by atoms with van der Waals surface area (Å²) >= 11 is 1.38. The first kappa shape index (κ1) is 24.9. The van der Waals surface area contributed by atoms with Crippen molar-refractivity contribution in [3.8, 4) is 12.3 Å². The number of nitrogens with zero attached hydrogens (tertiary/aromatic N) is 1. The van der Waals surface area contributed by atoms with Crippen LogP contribution in [-0.4, -0.2) is 38.7 Å². The van der Waals surface area contributed by atoms with Crippen LogP contribution in [0.5, 0.6) is 0 Å². The van der Waals surface area contributed by atoms with E-state index in [0.29, 0.717) is 5.56 Å². The van der Waals surface area contributed by atoms with E-state index in [4.69, 9.17) is 11.2 Å². The number of rotatable bonds is 6. The number of Topliss-reactive ketones (excluding diaryl/α,β-unsaturated/α-hetero) is 1. The molecule has 0 unspecified atom stereocenters. The van der Waals surface area contributed by atoms with Crippen LogP contribution in [0.25, 0.3) is 0 Å². The number of thioether (sulfide) groups is 1. The number of ether oxygens (including phenoxy) is 1. The second-order valence-corrected chi connectivity index (χ2v) is 11.7. The standard InChI is InChI=1S/C31H27NO4S/c1-5-31(26(33)23-18-16-20(2)17-19-23)28(35)32-25(30(3,4)37-29(31)32)27(34)36-24(21-12-8-6-9-13-21)22-14-10-7-11-15-22/h1,6-19,24-25,29H,2-4H3/t25-,29+,31-/m0/s1. The van der Waals surface area contributed by atoms with Crippen molar-refractivity contribution in [3.63, 3.8) is 0 Å². The van der Waals surface area contributed by atoms with Crippen molar-refractivity contribution in [1.29, 1.82) is 0 Å². The summed E-state index contributed by atoms with van der Waals surface area (Å²) in [7, 11) is 0. The minimum absolute atomic E-state index is 0.384. The first-order chi connectivity index (χ1) is 17.7. The molecule has 0 aromatic heterocycles. The molecule has 3 atom stereocenters. The molecule has 2 saturated heterocycles. The molecule has 37 heavy (non-hydrogen) atoms. The van der Waals surface area contributed by atoms with Crippen molar-refractivity contribution in [1.82, 2.24) is 4.90 Å². The number of carbonyl (C=O) groups excluding carboxylic acids is 3. The van der Waals surface area contributed by atoms with Gasteiger partial charge in [-0.25, -0.2) is 4.79 Å². The maximum atomic E-state index is 13.8. The minimum atomic E-state index is -1.65. The highest BCUT2D eigenvalue weighted by molar-refractivity contribution is 8.01. The molecule has 0 aliphatic carbocycles. The first-order valence-corrected chi connectivity index (χ1v) is 13.0. The Morgan fingerprint density at radius 3 is 2.00 bits per heavy atom. The van der Waals surface area contributed by atoms with Gasteiger partial charge in [0.25, 0.3) is 5.91 Å². The summed E-state index contributed by atoms with van der Waals surface area (Å²) in [5.41, 5.74) is 1.38. The van der Waals surface area contributed by atoms with Gasteiger partial charge < -0.3 is 9.64 Å². The molecule has 2 aliphatic rings. The summed E-state index contributed by atoms with van der Waals surface area (Å²) in [6.45, 7) is 5.69. The average molecular weight is 510 g/mol. The van der Waals surface area contributed by atoms with E-state index in [1.165, 1.54) is 16.7 Å². The van der Waals surface area contributed by atoms with Crippen LogP contribution in [0.4, 0.5) is 0 Å². The Morgan fingerprint density at radius 1 is 0.946 bits per heavy atom. The number of hydrogen-bond donors (Lipinski definition) is 0. The van der Waals surface area contributed by atoms with Crippen LogP contribution in [0.2, 0.25) is 0 Å². The number of β-lactam (4-membered cyclic amide) rings is 1. The van der Waals surface area contributed by atoms with Gasteiger partial charge >= 0.3 is 5.97 Å². The third kappa shape index (κ3) is 3.95. The molecule has 0 saturated carbocycles. The van der Waals surface area contributed by atoms with Gasteiger partial charge in [0.05, 0.1) is 0 Å². The molecular weight excluding hydrogens is 482 g/mol. The topological polar surface area (TPSA) is 63.7 Å². The third-order valence-electron chi connectivity index (χ3n) is 7.11. The Labute approximate surface area is 221 Å². The zero-order valence-corrected chi connectivity index (χ0v) is 21.7. The number of fused-ring (bicyclic) bond motifs is 1. The lowest BCUT2D eigenvalue weighted by Crippen LogP contribution is -2.71. The first-order valence-electron chi connectivity index (χ1n) is 12.1. The van der Waals surface area contributed by atoms with Gasteiger partial charge in [0, 0.05) is 10.3 Å². The van der Waals surface area contributed by atoms with E-state index in [-0.39, 0.29) is 0 Å². The summed E-state index contributed by atoms with van der Waals surface area (Å²) in [5.74, 6) is 1.06. The SMILES string of the molecule is C#C[C@]1(C(=O)c2ccc(C)cc2)C(=O)N2[C@@H](C(=O)OC(c3ccccc3)c3ccccc3)C(C)(C)S[C@@H]21. The second kappa shape index (κ2) is 9.24. The molecule has 3 aromatic rings. The highest BCUT2D eigenvalue weighted by Gasteiger charge is 2.74. The van der Waals surface area contributed by atoms with Crippen molar-refractivity contribution < 1.29 is 19.1 Å². The normalized spacial score (nSPS) is 23.6. The van der Waals surface area contributed by atoms with Crippen LogP contribution in [0.1, 0.15) is 47.0 Å². The maximum Gasteiger partial charge on any atom is 0.331 e. The Balaban J connectivity index is 1.46. The van der Waals surface area contributed by atoms with Crippen molar-refractivity contribution in [2.24, 2.45) is 5.41 Å². The molecule has 186 valence electrons. The van der Waals surface area contributed by atoms with Crippen molar-refractivity contribution in [3.05, 3.63) is 107 Å². The van der Waals surface area contributed by atoms with Crippen LogP contribution < -0.4 is 0 Å². The van der Waals surface area contributed by atoms with Crippen molar-refractivity contribution in [2.45, 2.75) is 43.0 Å². The highest BCUT2D eigenvalue weighted by Crippen LogP contribution is 2.59. The number of terminal acetylenes is 1. The molecule has 2 heterocycles. The largest absolute Gasteiger partial charge is 0.451 e. The smallest absolute Gasteiger partial charge is 0.331 e. The van der Waals surface area contributed by atoms with Crippen LogP contribution in [0.15, 0.2) is 84.9 Å². The van der Waals surface area contributed by atoms with Gasteiger partial charge in [-0.1, -0.05) is 96.4 Å². The quantitative estimate of drug-likeness (QED) is 0.150. The molecule has 5 nitrogen and oxygen atoms in total. The number of ketones is 1. The molecule has 0 spiro atoms. The molecule has 0 bridgehead atoms. The van der Waals surface area contributed by atoms with E-state index < -0.39 is 45.3 Å². The zero-order chi connectivity index (χ0) is 26.4. The maximum absolute atomic E-state index is 13.8. The molecule has 1 amide bonds. The number of hydrogen-bond acceptors (Lipinski definition) is 5. The number of aryl methyl sites for hydroxylation is 1. The average Bonchev–Trinajstić information content (AvgIpc) is 3.17. The van der Waals surface area contributed by atoms with Crippen LogP contribution >= 0.6 is 11.8 Å². The van der Waals surface area contributed by atoms with Crippen LogP contribution in [0.3, 0.4) is 0 Å². The Hall–Kier alpha value is -3.82. The minimum Gasteiger partial charge on any atom is -0.451 e. The monoisotopic (exact) mass is 509 g/mol. The number of benzene rings is 3. The third-order valence-corrected chi connectivity index (χ3v) is 8.74. The van der Waals surface area contributed by atoms with E-state index in [0.717, 1.165) is 16.7 Å². The van der Waals surface area contributed by atoms with Crippen molar-refractivity contribution >= 4 is 29.4 Å². The highest BCUT2D eigenvalue weighted by atomic mass is 32.2. The van der Waals surface area contributed by atoms with E-state index in [2.05, 4.69) is 5.92 Å². The van der Waals surface area contributed by atoms with Gasteiger partial charge in [0.15, 0.2) is 11.9 Å². The van der Waals surface area contributed by atoms with Gasteiger partial charge in [0.1, 0.15) is 11.4 Å². The lowest BCUT2D eigenvalue weighted by Gasteiger charge is -2.49. The zero-order valence-electron chi connectivity index (χ0n) is 20.9. The van der Waals surface area contributed by atoms with Gasteiger partial charge in [-0.3, -0.25) is 9.59 Å². The fourth-order valence-corrected chi connectivity index (χ4v) is 6.84. The Kier molecular flexibility index (Phi) is 6.21. The summed E-state index contributed by atoms with van der Waals surface area (Å²) in [6, 6.07) is 25.1. The summed E-state index contributed by atoms with van der Waals surface area (Å²) in [4.78, 5) is 42.4. The lowest BCUT2D eigenvalue weighted by molar-refractivity contribution is -0.170. The molecular formula is C31H27NO4S. The van der Waals surface area contributed by atoms with E-state index >= 15 is 0 Å². The Morgan fingerprint density at radius 2 is 1.49 bits per heavy atom. The molecule has 2 aliphatic heterocycles. The fraction of sp³-hybridized carbons (Fsp3) is 0.258. The van der Waals surface area contributed by atoms with E-state index in [1.807, 2.05) is 93.6 Å². The van der Waals surface area contributed by atoms with Gasteiger partial charge in [-0.05, 0) is 31.9 Å². The summed E-state index contributed by atoms with van der Waals surface area (Å²) in [6.07, 6.45) is 5.24. The molecule has 5 rings (SSSR count). The number of carbonyl (C=O) groups is 3. The van der Waals surface area contributed by atoms with Crippen molar-refractivity contribution in [2.75, 3.05) is 0 Å². The van der Waals surface area contributed by atoms with Crippen LogP contribution in [-0.2, 0) is 14.3 Å². The molecule has 6 heteroatoms. The van der Waals surface area contributed by atoms with Gasteiger partial charge in [-0.15, -0.1) is 18.2 Å². The summed E-state index contributed by atoms with van der Waals surface area (Å²) < 4.78 is 5.40. The van der Waals surface area contributed by atoms with Crippen LogP contribution in [0, 0.1) is 24.7 Å². The molecule has 2 fully saturated rings. The molecule has 0 N–H and O–H groups in total. The molecule has 0 radical (unpaired) electrons. The Bertz CT molecular complexity index is 1360. The fourth-order valence-electron chi connectivity index (χ4n) is 5.15. The predicted octanol–water partition coefficient (Wildman–Crippen LogP) is 5.19. The number of amides is 1. The number of esters is 1. The second-order valence-electron chi connectivity index (χ2n) is 9.97. The predicted molar refractivity (Wildman–Crippen MR) is 144 cm³/mol. The van der Waals surface area contributed by atoms with Gasteiger partial charge in [-0.2, -0.15) is 0 Å². The van der Waals surface area contributed by atoms with E-state index in [1.54, 1.807) is 12.1 Å². The van der Waals surface area contributed by atoms with E-state index in [9.17, 15) is 14.4 Å². The summed E-state index contributed by atoms with van der Waals surface area (Å²) in [5, 5.41) is -0.654. The lowest BCUT2D eigenvalue weighted by atomic mass is 9.71. The van der Waals surface area contributed by atoms with Gasteiger partial charge in [0.2, 0.25) is 5.41 Å².